The van der Waals surface area contributed by atoms with Crippen LogP contribution < -0.4 is 0 Å². The monoisotopic (exact) mass is 214 g/mol. The lowest BCUT2D eigenvalue weighted by Gasteiger charge is -1.99. The van der Waals surface area contributed by atoms with E-state index >= 15 is 0 Å². The average Bonchev–Trinajstić information content (AvgIpc) is 2.64. The standard InChI is InChI=1S/C14H14O2/c1-11-13(7-8-15)10-16-14(11)9-12-5-3-2-4-6-12/h2-6,8,10H,7,9H2,1H3. The molecule has 0 aliphatic carbocycles. The van der Waals surface area contributed by atoms with Gasteiger partial charge in [0.15, 0.2) is 0 Å². The first-order valence-electron chi connectivity index (χ1n) is 5.34. The van der Waals surface area contributed by atoms with Crippen LogP contribution in [0.1, 0.15) is 22.5 Å². The van der Waals surface area contributed by atoms with Crippen LogP contribution in [0.25, 0.3) is 0 Å². The minimum atomic E-state index is 0.435. The summed E-state index contributed by atoms with van der Waals surface area (Å²) in [6, 6.07) is 10.2. The van der Waals surface area contributed by atoms with Gasteiger partial charge >= 0.3 is 0 Å². The van der Waals surface area contributed by atoms with Gasteiger partial charge in [0.25, 0.3) is 0 Å². The van der Waals surface area contributed by atoms with Gasteiger partial charge in [0.1, 0.15) is 12.0 Å². The maximum Gasteiger partial charge on any atom is 0.124 e. The second-order valence-electron chi connectivity index (χ2n) is 3.84. The molecule has 0 fully saturated rings. The fraction of sp³-hybridized carbons (Fsp3) is 0.214. The van der Waals surface area contributed by atoms with E-state index in [0.717, 1.165) is 29.6 Å². The Morgan fingerprint density at radius 3 is 2.69 bits per heavy atom. The molecule has 2 heteroatoms. The molecule has 2 nitrogen and oxygen atoms in total. The Hall–Kier alpha value is -1.83. The Bertz CT molecular complexity index is 469. The molecule has 0 bridgehead atoms. The molecule has 0 spiro atoms. The highest BCUT2D eigenvalue weighted by Gasteiger charge is 2.09. The fourth-order valence-electron chi connectivity index (χ4n) is 1.74. The van der Waals surface area contributed by atoms with Crippen molar-refractivity contribution in [2.24, 2.45) is 0 Å². The van der Waals surface area contributed by atoms with Crippen molar-refractivity contribution < 1.29 is 9.21 Å². The SMILES string of the molecule is Cc1c(CC=O)coc1Cc1ccccc1. The van der Waals surface area contributed by atoms with Crippen LogP contribution in [0.4, 0.5) is 0 Å². The summed E-state index contributed by atoms with van der Waals surface area (Å²) < 4.78 is 5.49. The first kappa shape index (κ1) is 10.7. The highest BCUT2D eigenvalue weighted by atomic mass is 16.3. The molecule has 16 heavy (non-hydrogen) atoms. The molecule has 0 saturated carbocycles. The summed E-state index contributed by atoms with van der Waals surface area (Å²) in [6.07, 6.45) is 3.81. The largest absolute Gasteiger partial charge is 0.468 e. The number of hydrogen-bond donors (Lipinski definition) is 0. The molecule has 2 rings (SSSR count). The summed E-state index contributed by atoms with van der Waals surface area (Å²) >= 11 is 0. The zero-order valence-corrected chi connectivity index (χ0v) is 9.27. The van der Waals surface area contributed by atoms with E-state index in [2.05, 4.69) is 12.1 Å². The lowest BCUT2D eigenvalue weighted by Crippen LogP contribution is -1.90. The number of aldehydes is 1. The van der Waals surface area contributed by atoms with E-state index in [0.29, 0.717) is 6.42 Å². The average molecular weight is 214 g/mol. The lowest BCUT2D eigenvalue weighted by atomic mass is 10.1. The van der Waals surface area contributed by atoms with Gasteiger partial charge in [-0.05, 0) is 18.1 Å². The molecule has 0 unspecified atom stereocenters. The van der Waals surface area contributed by atoms with Crippen molar-refractivity contribution in [1.29, 1.82) is 0 Å². The molecule has 0 amide bonds. The molecule has 0 radical (unpaired) electrons. The van der Waals surface area contributed by atoms with Gasteiger partial charge in [0.2, 0.25) is 0 Å². The molecule has 1 aromatic heterocycles. The summed E-state index contributed by atoms with van der Waals surface area (Å²) in [7, 11) is 0. The van der Waals surface area contributed by atoms with Gasteiger partial charge in [-0.2, -0.15) is 0 Å². The maximum atomic E-state index is 10.5. The Balaban J connectivity index is 2.19. The van der Waals surface area contributed by atoms with E-state index < -0.39 is 0 Å². The van der Waals surface area contributed by atoms with Crippen molar-refractivity contribution in [3.63, 3.8) is 0 Å². The molecule has 1 aromatic carbocycles. The molecule has 2 aromatic rings. The highest BCUT2D eigenvalue weighted by Crippen LogP contribution is 2.19. The minimum absolute atomic E-state index is 0.435. The molecular formula is C14H14O2. The van der Waals surface area contributed by atoms with Crippen LogP contribution in [-0.2, 0) is 17.6 Å². The number of furan rings is 1. The summed E-state index contributed by atoms with van der Waals surface area (Å²) in [4.78, 5) is 10.5. The molecular weight excluding hydrogens is 200 g/mol. The van der Waals surface area contributed by atoms with E-state index in [1.807, 2.05) is 25.1 Å². The molecule has 82 valence electrons. The third-order valence-corrected chi connectivity index (χ3v) is 2.75. The van der Waals surface area contributed by atoms with Crippen molar-refractivity contribution in [2.75, 3.05) is 0 Å². The predicted octanol–water partition coefficient (Wildman–Crippen LogP) is 2.92. The quantitative estimate of drug-likeness (QED) is 0.732. The third kappa shape index (κ3) is 2.22. The number of hydrogen-bond acceptors (Lipinski definition) is 2. The highest BCUT2D eigenvalue weighted by molar-refractivity contribution is 5.56. The van der Waals surface area contributed by atoms with E-state index in [1.54, 1.807) is 6.26 Å². The molecule has 0 saturated heterocycles. The van der Waals surface area contributed by atoms with Crippen LogP contribution in [0.3, 0.4) is 0 Å². The van der Waals surface area contributed by atoms with Crippen LogP contribution in [-0.4, -0.2) is 6.29 Å². The summed E-state index contributed by atoms with van der Waals surface area (Å²) in [5, 5.41) is 0. The van der Waals surface area contributed by atoms with Crippen molar-refractivity contribution in [3.05, 3.63) is 59.0 Å². The topological polar surface area (TPSA) is 30.2 Å². The minimum Gasteiger partial charge on any atom is -0.468 e. The molecule has 0 N–H and O–H groups in total. The zero-order valence-electron chi connectivity index (χ0n) is 9.27. The normalized spacial score (nSPS) is 10.3. The molecule has 0 atom stereocenters. The van der Waals surface area contributed by atoms with E-state index in [1.165, 1.54) is 5.56 Å². The maximum absolute atomic E-state index is 10.5. The molecule has 0 aliphatic heterocycles. The van der Waals surface area contributed by atoms with Gasteiger partial charge < -0.3 is 9.21 Å². The molecule has 0 aliphatic rings. The van der Waals surface area contributed by atoms with Crippen molar-refractivity contribution in [1.82, 2.24) is 0 Å². The number of carbonyl (C=O) groups excluding carboxylic acids is 1. The lowest BCUT2D eigenvalue weighted by molar-refractivity contribution is -0.107. The Morgan fingerprint density at radius 2 is 2.00 bits per heavy atom. The van der Waals surface area contributed by atoms with E-state index in [9.17, 15) is 4.79 Å². The van der Waals surface area contributed by atoms with E-state index in [4.69, 9.17) is 4.42 Å². The zero-order chi connectivity index (χ0) is 11.4. The van der Waals surface area contributed by atoms with Gasteiger partial charge in [0.05, 0.1) is 6.26 Å². The first-order chi connectivity index (χ1) is 7.81. The number of rotatable bonds is 4. The van der Waals surface area contributed by atoms with Crippen LogP contribution in [0, 0.1) is 6.92 Å². The van der Waals surface area contributed by atoms with Gasteiger partial charge in [-0.1, -0.05) is 30.3 Å². The molecule has 1 heterocycles. The van der Waals surface area contributed by atoms with Crippen LogP contribution in [0.2, 0.25) is 0 Å². The van der Waals surface area contributed by atoms with Crippen molar-refractivity contribution in [3.8, 4) is 0 Å². The predicted molar refractivity (Wildman–Crippen MR) is 62.5 cm³/mol. The second kappa shape index (κ2) is 4.79. The fourth-order valence-corrected chi connectivity index (χ4v) is 1.74. The van der Waals surface area contributed by atoms with Gasteiger partial charge in [0, 0.05) is 18.4 Å². The van der Waals surface area contributed by atoms with Crippen LogP contribution in [0.5, 0.6) is 0 Å². The Labute approximate surface area is 94.9 Å². The summed E-state index contributed by atoms with van der Waals surface area (Å²) in [5.74, 6) is 0.947. The van der Waals surface area contributed by atoms with Gasteiger partial charge in [-0.3, -0.25) is 0 Å². The number of carbonyl (C=O) groups is 1. The third-order valence-electron chi connectivity index (χ3n) is 2.75. The Kier molecular flexibility index (Phi) is 3.20. The smallest absolute Gasteiger partial charge is 0.124 e. The Morgan fingerprint density at radius 1 is 1.25 bits per heavy atom. The first-order valence-corrected chi connectivity index (χ1v) is 5.34. The van der Waals surface area contributed by atoms with Gasteiger partial charge in [-0.25, -0.2) is 0 Å². The van der Waals surface area contributed by atoms with Crippen molar-refractivity contribution >= 4 is 6.29 Å². The second-order valence-corrected chi connectivity index (χ2v) is 3.84. The van der Waals surface area contributed by atoms with Crippen LogP contribution >= 0.6 is 0 Å². The summed E-state index contributed by atoms with van der Waals surface area (Å²) in [6.45, 7) is 2.00. The van der Waals surface area contributed by atoms with Crippen LogP contribution in [0.15, 0.2) is 41.0 Å². The van der Waals surface area contributed by atoms with E-state index in [-0.39, 0.29) is 0 Å². The van der Waals surface area contributed by atoms with Gasteiger partial charge in [-0.15, -0.1) is 0 Å². The number of benzene rings is 1. The van der Waals surface area contributed by atoms with Crippen molar-refractivity contribution in [2.45, 2.75) is 19.8 Å². The summed E-state index contributed by atoms with van der Waals surface area (Å²) in [5.41, 5.74) is 3.30.